The maximum atomic E-state index is 12.1. The molecule has 0 aliphatic rings. The number of aryl methyl sites for hydroxylation is 3. The van der Waals surface area contributed by atoms with Crippen LogP contribution in [0.1, 0.15) is 22.3 Å². The van der Waals surface area contributed by atoms with Gasteiger partial charge in [-0.1, -0.05) is 17.7 Å². The van der Waals surface area contributed by atoms with Crippen LogP contribution in [0.5, 0.6) is 0 Å². The molecule has 0 spiro atoms. The quantitative estimate of drug-likeness (QED) is 0.762. The molecule has 0 saturated heterocycles. The Kier molecular flexibility index (Phi) is 3.41. The first-order valence-corrected chi connectivity index (χ1v) is 4.88. The summed E-state index contributed by atoms with van der Waals surface area (Å²) in [5.74, 6) is -1.69. The molecule has 0 heterocycles. The maximum absolute atomic E-state index is 12.1. The van der Waals surface area contributed by atoms with E-state index in [4.69, 9.17) is 0 Å². The predicted molar refractivity (Wildman–Crippen MR) is 55.4 cm³/mol. The number of halogens is 3. The van der Waals surface area contributed by atoms with Crippen LogP contribution in [0.25, 0.3) is 0 Å². The highest BCUT2D eigenvalue weighted by Gasteiger charge is 2.38. The van der Waals surface area contributed by atoms with Gasteiger partial charge in [0.25, 0.3) is 0 Å². The number of carbonyl (C=O) groups is 1. The Morgan fingerprint density at radius 1 is 1.12 bits per heavy atom. The Balaban J connectivity index is 3.03. The summed E-state index contributed by atoms with van der Waals surface area (Å²) in [5.41, 5.74) is 2.93. The minimum absolute atomic E-state index is 0.480. The Hall–Kier alpha value is -1.32. The van der Waals surface area contributed by atoms with E-state index in [-0.39, 0.29) is 0 Å². The molecule has 1 rings (SSSR count). The second-order valence-electron chi connectivity index (χ2n) is 3.97. The molecule has 0 aromatic heterocycles. The second kappa shape index (κ2) is 4.28. The fraction of sp³-hybridized carbons (Fsp3) is 0.417. The lowest BCUT2D eigenvalue weighted by atomic mass is 9.96. The molecule has 0 saturated carbocycles. The summed E-state index contributed by atoms with van der Waals surface area (Å²) in [5, 5.41) is 0. The molecule has 0 aliphatic carbocycles. The Bertz CT molecular complexity index is 396. The third kappa shape index (κ3) is 2.84. The van der Waals surface area contributed by atoms with E-state index in [2.05, 4.69) is 0 Å². The van der Waals surface area contributed by atoms with Crippen LogP contribution in [0, 0.1) is 20.8 Å². The van der Waals surface area contributed by atoms with E-state index in [1.165, 1.54) is 0 Å². The summed E-state index contributed by atoms with van der Waals surface area (Å²) >= 11 is 0. The predicted octanol–water partition coefficient (Wildman–Crippen LogP) is 3.29. The minimum Gasteiger partial charge on any atom is -0.289 e. The molecule has 0 radical (unpaired) electrons. The lowest BCUT2D eigenvalue weighted by molar-refractivity contribution is -0.170. The number of carbonyl (C=O) groups excluding carboxylic acids is 1. The van der Waals surface area contributed by atoms with Gasteiger partial charge in [0, 0.05) is 6.42 Å². The summed E-state index contributed by atoms with van der Waals surface area (Å²) < 4.78 is 36.4. The van der Waals surface area contributed by atoms with Gasteiger partial charge in [0.05, 0.1) is 0 Å². The molecule has 0 N–H and O–H groups in total. The SMILES string of the molecule is Cc1cc(C)c(CC(=O)C(F)(F)F)c(C)c1. The van der Waals surface area contributed by atoms with Crippen molar-refractivity contribution in [1.82, 2.24) is 0 Å². The molecule has 0 fully saturated rings. The zero-order valence-electron chi connectivity index (χ0n) is 9.40. The zero-order valence-corrected chi connectivity index (χ0v) is 9.40. The van der Waals surface area contributed by atoms with Crippen molar-refractivity contribution in [3.63, 3.8) is 0 Å². The molecule has 1 nitrogen and oxygen atoms in total. The van der Waals surface area contributed by atoms with E-state index < -0.39 is 18.4 Å². The highest BCUT2D eigenvalue weighted by atomic mass is 19.4. The van der Waals surface area contributed by atoms with Gasteiger partial charge in [0.15, 0.2) is 0 Å². The normalized spacial score (nSPS) is 11.6. The number of alkyl halides is 3. The van der Waals surface area contributed by atoms with Gasteiger partial charge in [-0.15, -0.1) is 0 Å². The van der Waals surface area contributed by atoms with E-state index >= 15 is 0 Å². The van der Waals surface area contributed by atoms with Crippen LogP contribution in [-0.4, -0.2) is 12.0 Å². The number of rotatable bonds is 2. The van der Waals surface area contributed by atoms with Crippen molar-refractivity contribution in [3.05, 3.63) is 34.4 Å². The van der Waals surface area contributed by atoms with E-state index in [1.54, 1.807) is 26.0 Å². The lowest BCUT2D eigenvalue weighted by Crippen LogP contribution is -2.25. The summed E-state index contributed by atoms with van der Waals surface area (Å²) in [6.07, 6.45) is -5.31. The maximum Gasteiger partial charge on any atom is 0.450 e. The first-order chi connectivity index (χ1) is 7.21. The second-order valence-corrected chi connectivity index (χ2v) is 3.97. The lowest BCUT2D eigenvalue weighted by Gasteiger charge is -2.11. The summed E-state index contributed by atoms with van der Waals surface area (Å²) in [6, 6.07) is 3.57. The van der Waals surface area contributed by atoms with Gasteiger partial charge in [-0.3, -0.25) is 4.79 Å². The van der Waals surface area contributed by atoms with Gasteiger partial charge in [-0.25, -0.2) is 0 Å². The van der Waals surface area contributed by atoms with Crippen LogP contribution < -0.4 is 0 Å². The largest absolute Gasteiger partial charge is 0.450 e. The first kappa shape index (κ1) is 12.7. The van der Waals surface area contributed by atoms with Gasteiger partial charge in [0.2, 0.25) is 5.78 Å². The highest BCUT2D eigenvalue weighted by Crippen LogP contribution is 2.23. The van der Waals surface area contributed by atoms with Crippen LogP contribution in [-0.2, 0) is 11.2 Å². The van der Waals surface area contributed by atoms with Gasteiger partial charge in [-0.2, -0.15) is 13.2 Å². The first-order valence-electron chi connectivity index (χ1n) is 4.88. The minimum atomic E-state index is -4.75. The van der Waals surface area contributed by atoms with E-state index in [1.807, 2.05) is 6.92 Å². The fourth-order valence-corrected chi connectivity index (χ4v) is 1.75. The summed E-state index contributed by atoms with van der Waals surface area (Å²) in [6.45, 7) is 5.31. The molecule has 0 atom stereocenters. The van der Waals surface area contributed by atoms with Crippen molar-refractivity contribution < 1.29 is 18.0 Å². The van der Waals surface area contributed by atoms with Gasteiger partial charge in [0.1, 0.15) is 0 Å². The molecule has 16 heavy (non-hydrogen) atoms. The fourth-order valence-electron chi connectivity index (χ4n) is 1.75. The molecule has 0 unspecified atom stereocenters. The van der Waals surface area contributed by atoms with E-state index in [0.717, 1.165) is 16.7 Å². The van der Waals surface area contributed by atoms with Crippen molar-refractivity contribution in [2.45, 2.75) is 33.4 Å². The summed E-state index contributed by atoms with van der Waals surface area (Å²) in [7, 11) is 0. The molecule has 4 heteroatoms. The Morgan fingerprint density at radius 2 is 1.56 bits per heavy atom. The van der Waals surface area contributed by atoms with Crippen molar-refractivity contribution in [2.24, 2.45) is 0 Å². The highest BCUT2D eigenvalue weighted by molar-refractivity contribution is 5.86. The molecule has 1 aromatic rings. The Morgan fingerprint density at radius 3 is 1.94 bits per heavy atom. The van der Waals surface area contributed by atoms with Gasteiger partial charge >= 0.3 is 6.18 Å². The standard InChI is InChI=1S/C12H13F3O/c1-7-4-8(2)10(9(3)5-7)6-11(16)12(13,14)15/h4-5H,6H2,1-3H3. The molecular weight excluding hydrogens is 217 g/mol. The van der Waals surface area contributed by atoms with Crippen LogP contribution in [0.2, 0.25) is 0 Å². The number of hydrogen-bond acceptors (Lipinski definition) is 1. The van der Waals surface area contributed by atoms with Gasteiger partial charge < -0.3 is 0 Å². The molecular formula is C12H13F3O. The molecule has 88 valence electrons. The van der Waals surface area contributed by atoms with Crippen molar-refractivity contribution in [3.8, 4) is 0 Å². The van der Waals surface area contributed by atoms with Crippen LogP contribution in [0.15, 0.2) is 12.1 Å². The number of ketones is 1. The van der Waals surface area contributed by atoms with Crippen molar-refractivity contribution >= 4 is 5.78 Å². The topological polar surface area (TPSA) is 17.1 Å². The zero-order chi connectivity index (χ0) is 12.5. The average molecular weight is 230 g/mol. The monoisotopic (exact) mass is 230 g/mol. The molecule has 0 amide bonds. The molecule has 1 aromatic carbocycles. The third-order valence-corrected chi connectivity index (χ3v) is 2.49. The van der Waals surface area contributed by atoms with Crippen LogP contribution in [0.3, 0.4) is 0 Å². The van der Waals surface area contributed by atoms with Crippen LogP contribution >= 0.6 is 0 Å². The van der Waals surface area contributed by atoms with Gasteiger partial charge in [-0.05, 0) is 37.5 Å². The number of Topliss-reactive ketones (excluding diaryl/α,β-unsaturated/α-hetero) is 1. The molecule has 0 bridgehead atoms. The number of benzene rings is 1. The van der Waals surface area contributed by atoms with E-state index in [9.17, 15) is 18.0 Å². The molecule has 0 aliphatic heterocycles. The smallest absolute Gasteiger partial charge is 0.289 e. The number of hydrogen-bond donors (Lipinski definition) is 0. The van der Waals surface area contributed by atoms with E-state index in [0.29, 0.717) is 5.56 Å². The van der Waals surface area contributed by atoms with Crippen molar-refractivity contribution in [2.75, 3.05) is 0 Å². The third-order valence-electron chi connectivity index (χ3n) is 2.49. The van der Waals surface area contributed by atoms with Crippen LogP contribution in [0.4, 0.5) is 13.2 Å². The van der Waals surface area contributed by atoms with Crippen molar-refractivity contribution in [1.29, 1.82) is 0 Å². The average Bonchev–Trinajstić information content (AvgIpc) is 2.08. The summed E-state index contributed by atoms with van der Waals surface area (Å²) in [4.78, 5) is 10.9. The Labute approximate surface area is 92.3 Å².